The minimum Gasteiger partial charge on any atom is -0.494 e. The number of carbonyl (C=O) groups is 1. The zero-order chi connectivity index (χ0) is 23.3. The lowest BCUT2D eigenvalue weighted by atomic mass is 9.90. The second-order valence-electron chi connectivity index (χ2n) is 7.84. The Balaban J connectivity index is 1.64. The standard InChI is InChI=1S/C28H23N3O2S/c1-33-23-15-8-16-24-26(23)30-28(34-24)31(19-20-10-9-17-29-18-20)27(32)25(21-11-4-2-5-12-21)22-13-6-3-7-14-22/h2-18,25H,19H2,1H3. The fraction of sp³-hybridized carbons (Fsp3) is 0.107. The third kappa shape index (κ3) is 4.40. The van der Waals surface area contributed by atoms with Gasteiger partial charge in [-0.15, -0.1) is 0 Å². The minimum atomic E-state index is -0.465. The number of anilines is 1. The Kier molecular flexibility index (Phi) is 6.31. The fourth-order valence-electron chi connectivity index (χ4n) is 4.03. The molecule has 3 aromatic carbocycles. The van der Waals surface area contributed by atoms with Gasteiger partial charge in [0.05, 0.1) is 24.3 Å². The van der Waals surface area contributed by atoms with E-state index >= 15 is 0 Å². The summed E-state index contributed by atoms with van der Waals surface area (Å²) in [4.78, 5) is 25.2. The van der Waals surface area contributed by atoms with Gasteiger partial charge in [0, 0.05) is 12.4 Å². The van der Waals surface area contributed by atoms with Gasteiger partial charge >= 0.3 is 0 Å². The number of nitrogens with zero attached hydrogens (tertiary/aromatic N) is 3. The van der Waals surface area contributed by atoms with Gasteiger partial charge in [0.25, 0.3) is 0 Å². The fourth-order valence-corrected chi connectivity index (χ4v) is 5.02. The summed E-state index contributed by atoms with van der Waals surface area (Å²) < 4.78 is 6.48. The summed E-state index contributed by atoms with van der Waals surface area (Å²) in [6.45, 7) is 0.366. The minimum absolute atomic E-state index is 0.0423. The number of rotatable bonds is 7. The first-order chi connectivity index (χ1) is 16.7. The second kappa shape index (κ2) is 9.85. The molecule has 5 aromatic rings. The molecule has 5 rings (SSSR count). The molecule has 0 aliphatic rings. The molecular formula is C28H23N3O2S. The Morgan fingerprint density at radius 2 is 1.62 bits per heavy atom. The van der Waals surface area contributed by atoms with E-state index in [9.17, 15) is 4.79 Å². The van der Waals surface area contributed by atoms with Crippen LogP contribution in [0.2, 0.25) is 0 Å². The first-order valence-electron chi connectivity index (χ1n) is 11.0. The zero-order valence-corrected chi connectivity index (χ0v) is 19.5. The number of ether oxygens (including phenoxy) is 1. The quantitative estimate of drug-likeness (QED) is 0.293. The largest absolute Gasteiger partial charge is 0.494 e. The highest BCUT2D eigenvalue weighted by Gasteiger charge is 2.30. The highest BCUT2D eigenvalue weighted by atomic mass is 32.1. The Labute approximate surface area is 202 Å². The molecule has 0 aliphatic heterocycles. The molecule has 0 aliphatic carbocycles. The van der Waals surface area contributed by atoms with Crippen molar-refractivity contribution in [2.75, 3.05) is 12.0 Å². The predicted octanol–water partition coefficient (Wildman–Crippen LogP) is 6.07. The van der Waals surface area contributed by atoms with Crippen LogP contribution in [0.15, 0.2) is 103 Å². The monoisotopic (exact) mass is 465 g/mol. The van der Waals surface area contributed by atoms with Crippen LogP contribution in [0, 0.1) is 0 Å². The van der Waals surface area contributed by atoms with Crippen molar-refractivity contribution in [2.45, 2.75) is 12.5 Å². The highest BCUT2D eigenvalue weighted by molar-refractivity contribution is 7.22. The number of methoxy groups -OCH3 is 1. The third-order valence-electron chi connectivity index (χ3n) is 5.66. The van der Waals surface area contributed by atoms with Crippen molar-refractivity contribution in [3.8, 4) is 5.75 Å². The van der Waals surface area contributed by atoms with Gasteiger partial charge in [0.1, 0.15) is 11.3 Å². The van der Waals surface area contributed by atoms with E-state index in [0.717, 1.165) is 26.9 Å². The Morgan fingerprint density at radius 1 is 0.912 bits per heavy atom. The molecule has 5 nitrogen and oxygen atoms in total. The summed E-state index contributed by atoms with van der Waals surface area (Å²) in [6.07, 6.45) is 3.52. The molecular weight excluding hydrogens is 442 g/mol. The van der Waals surface area contributed by atoms with Crippen molar-refractivity contribution >= 4 is 32.6 Å². The summed E-state index contributed by atoms with van der Waals surface area (Å²) in [6, 6.07) is 29.5. The molecule has 0 saturated heterocycles. The van der Waals surface area contributed by atoms with Crippen molar-refractivity contribution < 1.29 is 9.53 Å². The van der Waals surface area contributed by atoms with E-state index in [2.05, 4.69) is 4.98 Å². The summed E-state index contributed by atoms with van der Waals surface area (Å²) in [7, 11) is 1.63. The number of aromatic nitrogens is 2. The molecule has 168 valence electrons. The number of carbonyl (C=O) groups excluding carboxylic acids is 1. The smallest absolute Gasteiger partial charge is 0.241 e. The molecule has 0 unspecified atom stereocenters. The van der Waals surface area contributed by atoms with E-state index in [0.29, 0.717) is 17.4 Å². The maximum absolute atomic E-state index is 14.3. The molecule has 0 bridgehead atoms. The first kappa shape index (κ1) is 21.8. The van der Waals surface area contributed by atoms with Crippen LogP contribution < -0.4 is 9.64 Å². The lowest BCUT2D eigenvalue weighted by Crippen LogP contribution is -2.35. The molecule has 0 fully saturated rings. The SMILES string of the molecule is COc1cccc2sc(N(Cc3cccnc3)C(=O)C(c3ccccc3)c3ccccc3)nc12. The molecule has 0 N–H and O–H groups in total. The number of pyridine rings is 1. The van der Waals surface area contributed by atoms with Crippen LogP contribution in [0.4, 0.5) is 5.13 Å². The van der Waals surface area contributed by atoms with Crippen molar-refractivity contribution in [1.29, 1.82) is 0 Å². The molecule has 0 saturated carbocycles. The number of fused-ring (bicyclic) bond motifs is 1. The van der Waals surface area contributed by atoms with Gasteiger partial charge in [-0.25, -0.2) is 4.98 Å². The molecule has 0 atom stereocenters. The highest BCUT2D eigenvalue weighted by Crippen LogP contribution is 2.37. The first-order valence-corrected chi connectivity index (χ1v) is 11.8. The van der Waals surface area contributed by atoms with Gasteiger partial charge in [-0.05, 0) is 34.9 Å². The predicted molar refractivity (Wildman–Crippen MR) is 136 cm³/mol. The van der Waals surface area contributed by atoms with Crippen molar-refractivity contribution in [2.24, 2.45) is 0 Å². The van der Waals surface area contributed by atoms with Crippen LogP contribution >= 0.6 is 11.3 Å². The number of hydrogen-bond donors (Lipinski definition) is 0. The van der Waals surface area contributed by atoms with Crippen LogP contribution in [-0.2, 0) is 11.3 Å². The lowest BCUT2D eigenvalue weighted by Gasteiger charge is -2.26. The average molecular weight is 466 g/mol. The summed E-state index contributed by atoms with van der Waals surface area (Å²) in [5.41, 5.74) is 3.56. The van der Waals surface area contributed by atoms with E-state index < -0.39 is 5.92 Å². The van der Waals surface area contributed by atoms with E-state index in [1.54, 1.807) is 24.4 Å². The topological polar surface area (TPSA) is 55.3 Å². The molecule has 0 spiro atoms. The molecule has 2 heterocycles. The van der Waals surface area contributed by atoms with Crippen LogP contribution in [0.25, 0.3) is 10.2 Å². The molecule has 1 amide bonds. The maximum atomic E-state index is 14.3. The van der Waals surface area contributed by atoms with Crippen LogP contribution in [0.1, 0.15) is 22.6 Å². The Hall–Kier alpha value is -4.03. The molecule has 6 heteroatoms. The van der Waals surface area contributed by atoms with Gasteiger partial charge < -0.3 is 4.74 Å². The number of thiazole rings is 1. The molecule has 0 radical (unpaired) electrons. The summed E-state index contributed by atoms with van der Waals surface area (Å²) >= 11 is 1.48. The van der Waals surface area contributed by atoms with Gasteiger partial charge in [-0.2, -0.15) is 0 Å². The summed E-state index contributed by atoms with van der Waals surface area (Å²) in [5, 5.41) is 0.630. The Bertz CT molecular complexity index is 1350. The number of para-hydroxylation sites is 1. The van der Waals surface area contributed by atoms with E-state index in [-0.39, 0.29) is 5.91 Å². The van der Waals surface area contributed by atoms with Gasteiger partial charge in [-0.3, -0.25) is 14.7 Å². The summed E-state index contributed by atoms with van der Waals surface area (Å²) in [5.74, 6) is 0.184. The number of hydrogen-bond acceptors (Lipinski definition) is 5. The normalized spacial score (nSPS) is 11.0. The van der Waals surface area contributed by atoms with E-state index in [4.69, 9.17) is 9.72 Å². The van der Waals surface area contributed by atoms with Gasteiger partial charge in [0.2, 0.25) is 5.91 Å². The lowest BCUT2D eigenvalue weighted by molar-refractivity contribution is -0.119. The molecule has 34 heavy (non-hydrogen) atoms. The van der Waals surface area contributed by atoms with Crippen molar-refractivity contribution in [1.82, 2.24) is 9.97 Å². The zero-order valence-electron chi connectivity index (χ0n) is 18.7. The third-order valence-corrected chi connectivity index (χ3v) is 6.71. The van der Waals surface area contributed by atoms with Crippen molar-refractivity contribution in [3.05, 3.63) is 120 Å². The average Bonchev–Trinajstić information content (AvgIpc) is 3.33. The number of benzene rings is 3. The van der Waals surface area contributed by atoms with Gasteiger partial charge in [0.15, 0.2) is 5.13 Å². The molecule has 2 aromatic heterocycles. The Morgan fingerprint density at radius 3 is 2.24 bits per heavy atom. The second-order valence-corrected chi connectivity index (χ2v) is 8.85. The van der Waals surface area contributed by atoms with Gasteiger partial charge in [-0.1, -0.05) is 84.1 Å². The van der Waals surface area contributed by atoms with Crippen LogP contribution in [0.3, 0.4) is 0 Å². The maximum Gasteiger partial charge on any atom is 0.241 e. The van der Waals surface area contributed by atoms with Crippen molar-refractivity contribution in [3.63, 3.8) is 0 Å². The van der Waals surface area contributed by atoms with Crippen LogP contribution in [0.5, 0.6) is 5.75 Å². The van der Waals surface area contributed by atoms with E-state index in [1.807, 2.05) is 91.0 Å². The van der Waals surface area contributed by atoms with E-state index in [1.165, 1.54) is 11.3 Å². The van der Waals surface area contributed by atoms with Crippen LogP contribution in [-0.4, -0.2) is 23.0 Å². The number of amides is 1.